The van der Waals surface area contributed by atoms with Gasteiger partial charge in [0.15, 0.2) is 25.5 Å². The number of benzene rings is 8. The maximum Gasteiger partial charge on any atom is 0.180 e. The first kappa shape index (κ1) is 36.3. The maximum absolute atomic E-state index is 5.25. The molecule has 8 aromatic carbocycles. The Morgan fingerprint density at radius 3 is 1.14 bits per heavy atom. The maximum atomic E-state index is 5.25. The molecule has 3 nitrogen and oxygen atoms in total. The molecule has 0 saturated carbocycles. The summed E-state index contributed by atoms with van der Waals surface area (Å²) in [6.07, 6.45) is 0. The molecule has 0 aliphatic carbocycles. The number of hydrogen-bond acceptors (Lipinski definition) is 3. The molecule has 1 aliphatic heterocycles. The summed E-state index contributed by atoms with van der Waals surface area (Å²) in [7, 11) is -2.79. The molecule has 0 N–H and O–H groups in total. The minimum Gasteiger partial charge on any atom is -0.208 e. The molecule has 0 bridgehead atoms. The van der Waals surface area contributed by atoms with Crippen molar-refractivity contribution in [1.82, 2.24) is 15.0 Å². The second-order valence-electron chi connectivity index (χ2n) is 16.4. The summed E-state index contributed by atoms with van der Waals surface area (Å²) >= 11 is 0. The van der Waals surface area contributed by atoms with Gasteiger partial charge in [0.25, 0.3) is 0 Å². The van der Waals surface area contributed by atoms with E-state index in [2.05, 4.69) is 209 Å². The quantitative estimate of drug-likeness (QED) is 0.151. The van der Waals surface area contributed by atoms with E-state index >= 15 is 0 Å². The van der Waals surface area contributed by atoms with Crippen molar-refractivity contribution >= 4 is 28.8 Å². The Morgan fingerprint density at radius 2 is 0.661 bits per heavy atom. The van der Waals surface area contributed by atoms with E-state index in [1.165, 1.54) is 48.6 Å². The van der Waals surface area contributed by atoms with Gasteiger partial charge in [-0.25, -0.2) is 15.0 Å². The molecule has 9 aromatic rings. The lowest BCUT2D eigenvalue weighted by molar-refractivity contribution is 0.591. The van der Waals surface area contributed by atoms with Crippen molar-refractivity contribution in [3.05, 3.63) is 212 Å². The zero-order valence-corrected chi connectivity index (χ0v) is 34.5. The summed E-state index contributed by atoms with van der Waals surface area (Å²) in [5, 5.41) is 5.53. The molecule has 0 amide bonds. The lowest BCUT2D eigenvalue weighted by atomic mass is 9.86. The molecule has 10 rings (SSSR count). The van der Waals surface area contributed by atoms with E-state index in [1.54, 1.807) is 0 Å². The van der Waals surface area contributed by atoms with Crippen LogP contribution in [0.25, 0.3) is 67.5 Å². The molecule has 1 aromatic heterocycles. The van der Waals surface area contributed by atoms with E-state index in [0.29, 0.717) is 17.5 Å². The van der Waals surface area contributed by atoms with Crippen molar-refractivity contribution < 1.29 is 0 Å². The van der Waals surface area contributed by atoms with E-state index in [4.69, 9.17) is 15.0 Å². The first-order chi connectivity index (χ1) is 28.9. The fourth-order valence-corrected chi connectivity index (χ4v) is 14.0. The van der Waals surface area contributed by atoms with Gasteiger partial charge in [-0.2, -0.15) is 0 Å². The predicted molar refractivity (Wildman–Crippen MR) is 248 cm³/mol. The second-order valence-corrected chi connectivity index (χ2v) is 20.2. The minimum atomic E-state index is -2.79. The Hall–Kier alpha value is -7.01. The Morgan fingerprint density at radius 1 is 0.322 bits per heavy atom. The van der Waals surface area contributed by atoms with Crippen LogP contribution in [0.3, 0.4) is 0 Å². The molecular formula is C55H43N3Si. The molecular weight excluding hydrogens is 731 g/mol. The predicted octanol–water partition coefficient (Wildman–Crippen LogP) is 10.9. The number of hydrogen-bond donors (Lipinski definition) is 0. The normalized spacial score (nSPS) is 12.8. The van der Waals surface area contributed by atoms with Crippen LogP contribution in [-0.2, 0) is 5.41 Å². The van der Waals surface area contributed by atoms with Gasteiger partial charge in [-0.1, -0.05) is 227 Å². The van der Waals surface area contributed by atoms with E-state index in [9.17, 15) is 0 Å². The van der Waals surface area contributed by atoms with Gasteiger partial charge in [0.05, 0.1) is 0 Å². The first-order valence-corrected chi connectivity index (χ1v) is 22.4. The SMILES string of the molecule is CC(C)(C)c1ccc2c(c1)[Si](c1ccccc1)(c1ccccc1)c1cc(-c3nc(-c4ccccc4)nc(-c4ccc(-c5ccc(-c6ccccc6)cc5)cc4)n3)ccc1-2. The Bertz CT molecular complexity index is 2880. The first-order valence-electron chi connectivity index (χ1n) is 20.4. The topological polar surface area (TPSA) is 38.7 Å². The van der Waals surface area contributed by atoms with Gasteiger partial charge in [-0.05, 0) is 65.1 Å². The summed E-state index contributed by atoms with van der Waals surface area (Å²) in [6, 6.07) is 74.6. The fourth-order valence-electron chi connectivity index (χ4n) is 8.74. The number of rotatable bonds is 7. The summed E-state index contributed by atoms with van der Waals surface area (Å²) < 4.78 is 0. The Balaban J connectivity index is 1.12. The number of aromatic nitrogens is 3. The molecule has 0 fully saturated rings. The average molecular weight is 774 g/mol. The minimum absolute atomic E-state index is 0.00277. The van der Waals surface area contributed by atoms with Crippen molar-refractivity contribution in [1.29, 1.82) is 0 Å². The van der Waals surface area contributed by atoms with Gasteiger partial charge in [0.1, 0.15) is 0 Å². The zero-order chi connectivity index (χ0) is 40.0. The summed E-state index contributed by atoms with van der Waals surface area (Å²) in [6.45, 7) is 6.92. The largest absolute Gasteiger partial charge is 0.208 e. The highest BCUT2D eigenvalue weighted by Crippen LogP contribution is 2.35. The van der Waals surface area contributed by atoms with Gasteiger partial charge < -0.3 is 0 Å². The lowest BCUT2D eigenvalue weighted by Gasteiger charge is -2.32. The van der Waals surface area contributed by atoms with Gasteiger partial charge in [0, 0.05) is 16.7 Å². The smallest absolute Gasteiger partial charge is 0.180 e. The van der Waals surface area contributed by atoms with Crippen molar-refractivity contribution in [2.24, 2.45) is 0 Å². The van der Waals surface area contributed by atoms with Crippen molar-refractivity contribution in [3.63, 3.8) is 0 Å². The highest BCUT2D eigenvalue weighted by Gasteiger charge is 2.49. The van der Waals surface area contributed by atoms with Crippen LogP contribution in [0.1, 0.15) is 26.3 Å². The summed E-state index contributed by atoms with van der Waals surface area (Å²) in [5.74, 6) is 1.96. The van der Waals surface area contributed by atoms with E-state index in [0.717, 1.165) is 27.8 Å². The molecule has 0 radical (unpaired) electrons. The Kier molecular flexibility index (Phi) is 9.07. The van der Waals surface area contributed by atoms with E-state index < -0.39 is 8.07 Å². The monoisotopic (exact) mass is 773 g/mol. The van der Waals surface area contributed by atoms with Crippen LogP contribution >= 0.6 is 0 Å². The van der Waals surface area contributed by atoms with Gasteiger partial charge >= 0.3 is 0 Å². The molecule has 0 atom stereocenters. The van der Waals surface area contributed by atoms with Crippen LogP contribution in [0.5, 0.6) is 0 Å². The van der Waals surface area contributed by atoms with Crippen LogP contribution in [0.4, 0.5) is 0 Å². The summed E-state index contributed by atoms with van der Waals surface area (Å²) in [4.78, 5) is 15.6. The highest BCUT2D eigenvalue weighted by atomic mass is 28.3. The van der Waals surface area contributed by atoms with Crippen LogP contribution in [0, 0.1) is 0 Å². The summed E-state index contributed by atoms with van der Waals surface area (Å²) in [5.41, 5.74) is 11.5. The molecule has 2 heterocycles. The van der Waals surface area contributed by atoms with Crippen LogP contribution in [0.2, 0.25) is 0 Å². The van der Waals surface area contributed by atoms with Crippen LogP contribution in [0.15, 0.2) is 206 Å². The van der Waals surface area contributed by atoms with E-state index in [1.807, 2.05) is 18.2 Å². The van der Waals surface area contributed by atoms with Crippen LogP contribution < -0.4 is 20.7 Å². The third kappa shape index (κ3) is 6.52. The average Bonchev–Trinajstić information content (AvgIpc) is 3.60. The fraction of sp³-hybridized carbons (Fsp3) is 0.0727. The number of fused-ring (bicyclic) bond motifs is 3. The molecule has 0 saturated heterocycles. The van der Waals surface area contributed by atoms with E-state index in [-0.39, 0.29) is 5.41 Å². The number of nitrogens with zero attached hydrogens (tertiary/aromatic N) is 3. The van der Waals surface area contributed by atoms with Gasteiger partial charge in [-0.15, -0.1) is 0 Å². The van der Waals surface area contributed by atoms with Gasteiger partial charge in [-0.3, -0.25) is 0 Å². The van der Waals surface area contributed by atoms with Crippen molar-refractivity contribution in [2.45, 2.75) is 26.2 Å². The van der Waals surface area contributed by atoms with Crippen molar-refractivity contribution in [2.75, 3.05) is 0 Å². The molecule has 59 heavy (non-hydrogen) atoms. The standard InChI is InChI=1S/C55H43N3Si/c1-55(2,3)45-33-35-49-48-34-32-44(36-50(48)59(51(49)37-45,46-20-12-6-13-21-46)47-22-14-7-15-23-47)54-57-52(42-18-10-5-11-19-42)56-53(58-54)43-30-28-41(29-31-43)40-26-24-39(25-27-40)38-16-8-4-9-17-38/h4-37H,1-3H3. The molecule has 4 heteroatoms. The second kappa shape index (κ2) is 14.7. The lowest BCUT2D eigenvalue weighted by Crippen LogP contribution is -2.72. The molecule has 282 valence electrons. The third-order valence-corrected chi connectivity index (χ3v) is 16.7. The molecule has 1 aliphatic rings. The molecule has 0 unspecified atom stereocenters. The zero-order valence-electron chi connectivity index (χ0n) is 33.5. The van der Waals surface area contributed by atoms with Crippen molar-refractivity contribution in [3.8, 4) is 67.5 Å². The van der Waals surface area contributed by atoms with Gasteiger partial charge in [0.2, 0.25) is 0 Å². The molecule has 0 spiro atoms. The van der Waals surface area contributed by atoms with Crippen LogP contribution in [-0.4, -0.2) is 23.0 Å². The Labute approximate surface area is 347 Å². The third-order valence-electron chi connectivity index (χ3n) is 11.8. The highest BCUT2D eigenvalue weighted by molar-refractivity contribution is 7.22.